The minimum atomic E-state index is -0.525. The molecule has 2 N–H and O–H groups in total. The lowest BCUT2D eigenvalue weighted by atomic mass is 10.0. The van der Waals surface area contributed by atoms with Gasteiger partial charge in [0.1, 0.15) is 0 Å². The molecule has 2 heterocycles. The third-order valence-corrected chi connectivity index (χ3v) is 4.95. The third kappa shape index (κ3) is 2.39. The van der Waals surface area contributed by atoms with Gasteiger partial charge in [-0.2, -0.15) is 0 Å². The van der Waals surface area contributed by atoms with E-state index in [9.17, 15) is 9.59 Å². The Morgan fingerprint density at radius 2 is 1.88 bits per heavy atom. The van der Waals surface area contributed by atoms with Crippen LogP contribution in [0.3, 0.4) is 0 Å². The average Bonchev–Trinajstić information content (AvgIpc) is 3.07. The van der Waals surface area contributed by atoms with Gasteiger partial charge in [0, 0.05) is 29.6 Å². The number of nitrogens with two attached hydrogens (primary N) is 1. The van der Waals surface area contributed by atoms with Gasteiger partial charge in [0.15, 0.2) is 0 Å². The lowest BCUT2D eigenvalue weighted by molar-refractivity contribution is -0.137. The van der Waals surface area contributed by atoms with Crippen LogP contribution in [0.1, 0.15) is 18.0 Å². The van der Waals surface area contributed by atoms with E-state index in [0.29, 0.717) is 10.7 Å². The largest absolute Gasteiger partial charge is 0.397 e. The zero-order valence-electron chi connectivity index (χ0n) is 13.6. The zero-order valence-corrected chi connectivity index (χ0v) is 14.3. The fraction of sp³-hybridized carbons (Fsp3) is 0.158. The molecule has 5 nitrogen and oxygen atoms in total. The summed E-state index contributed by atoms with van der Waals surface area (Å²) in [5.41, 5.74) is 9.14. The number of nitrogen functional groups attached to an aromatic ring is 1. The molecule has 1 unspecified atom stereocenters. The molecular formula is C19H16ClN3O2. The minimum Gasteiger partial charge on any atom is -0.397 e. The molecule has 1 fully saturated rings. The van der Waals surface area contributed by atoms with Crippen molar-refractivity contribution in [1.29, 1.82) is 0 Å². The van der Waals surface area contributed by atoms with E-state index in [-0.39, 0.29) is 18.2 Å². The number of likely N-dealkylation sites (tertiary alicyclic amines) is 1. The molecule has 0 spiro atoms. The van der Waals surface area contributed by atoms with Crippen molar-refractivity contribution in [2.75, 3.05) is 12.8 Å². The van der Waals surface area contributed by atoms with Crippen molar-refractivity contribution in [3.8, 4) is 5.69 Å². The summed E-state index contributed by atoms with van der Waals surface area (Å²) in [6.45, 7) is 0. The monoisotopic (exact) mass is 353 g/mol. The molecule has 1 aliphatic heterocycles. The Balaban J connectivity index is 2.02. The van der Waals surface area contributed by atoms with E-state index >= 15 is 0 Å². The van der Waals surface area contributed by atoms with Crippen LogP contribution in [0.4, 0.5) is 5.69 Å². The Bertz CT molecular complexity index is 1020. The van der Waals surface area contributed by atoms with E-state index < -0.39 is 5.92 Å². The zero-order chi connectivity index (χ0) is 17.7. The minimum absolute atomic E-state index is 0.159. The van der Waals surface area contributed by atoms with E-state index in [2.05, 4.69) is 0 Å². The van der Waals surface area contributed by atoms with Gasteiger partial charge in [-0.25, -0.2) is 0 Å². The molecule has 1 saturated heterocycles. The first kappa shape index (κ1) is 15.7. The molecule has 2 amide bonds. The first-order chi connectivity index (χ1) is 12.0. The van der Waals surface area contributed by atoms with Crippen molar-refractivity contribution >= 4 is 40.0 Å². The van der Waals surface area contributed by atoms with Crippen molar-refractivity contribution in [2.24, 2.45) is 0 Å². The van der Waals surface area contributed by atoms with Gasteiger partial charge < -0.3 is 10.3 Å². The van der Waals surface area contributed by atoms with Gasteiger partial charge in [-0.15, -0.1) is 0 Å². The molecule has 1 aliphatic rings. The van der Waals surface area contributed by atoms with Crippen LogP contribution in [0.15, 0.2) is 48.5 Å². The van der Waals surface area contributed by atoms with Crippen molar-refractivity contribution in [2.45, 2.75) is 12.3 Å². The molecule has 0 bridgehead atoms. The summed E-state index contributed by atoms with van der Waals surface area (Å²) >= 11 is 6.19. The highest BCUT2D eigenvalue weighted by Gasteiger charge is 2.39. The van der Waals surface area contributed by atoms with Crippen molar-refractivity contribution in [1.82, 2.24) is 9.47 Å². The summed E-state index contributed by atoms with van der Waals surface area (Å²) in [6.07, 6.45) is 0.159. The van der Waals surface area contributed by atoms with Crippen molar-refractivity contribution in [3.05, 3.63) is 59.2 Å². The number of fused-ring (bicyclic) bond motifs is 1. The molecule has 0 aliphatic carbocycles. The van der Waals surface area contributed by atoms with Crippen LogP contribution in [0, 0.1) is 0 Å². The van der Waals surface area contributed by atoms with Crippen LogP contribution >= 0.6 is 11.6 Å². The second-order valence-corrected chi connectivity index (χ2v) is 6.65. The van der Waals surface area contributed by atoms with Crippen molar-refractivity contribution < 1.29 is 9.59 Å². The number of hydrogen-bond donors (Lipinski definition) is 1. The predicted molar refractivity (Wildman–Crippen MR) is 97.8 cm³/mol. The number of hydrogen-bond acceptors (Lipinski definition) is 3. The first-order valence-corrected chi connectivity index (χ1v) is 8.31. The topological polar surface area (TPSA) is 68.3 Å². The van der Waals surface area contributed by atoms with E-state index in [1.807, 2.05) is 47.0 Å². The number of anilines is 1. The Labute approximate surface area is 149 Å². The van der Waals surface area contributed by atoms with Crippen LogP contribution in [0.25, 0.3) is 16.6 Å². The van der Waals surface area contributed by atoms with Crippen LogP contribution in [-0.4, -0.2) is 28.3 Å². The predicted octanol–water partition coefficient (Wildman–Crippen LogP) is 3.34. The Hall–Kier alpha value is -2.79. The number of carbonyl (C=O) groups is 2. The quantitative estimate of drug-likeness (QED) is 0.567. The summed E-state index contributed by atoms with van der Waals surface area (Å²) in [5.74, 6) is -0.899. The van der Waals surface area contributed by atoms with Gasteiger partial charge in [-0.1, -0.05) is 29.8 Å². The summed E-state index contributed by atoms with van der Waals surface area (Å²) in [7, 11) is 1.52. The fourth-order valence-corrected chi connectivity index (χ4v) is 3.56. The fourth-order valence-electron chi connectivity index (χ4n) is 3.40. The number of halogens is 1. The number of aromatic nitrogens is 1. The Morgan fingerprint density at radius 3 is 2.56 bits per heavy atom. The SMILES string of the molecule is CN1C(=O)CC(c2cc3ccc(Cl)cc3n2-c2ccccc2N)C1=O. The molecule has 126 valence electrons. The maximum atomic E-state index is 12.6. The number of nitrogens with zero attached hydrogens (tertiary/aromatic N) is 2. The molecule has 0 radical (unpaired) electrons. The number of carbonyl (C=O) groups excluding carboxylic acids is 2. The highest BCUT2D eigenvalue weighted by atomic mass is 35.5. The molecule has 1 aromatic heterocycles. The maximum absolute atomic E-state index is 12.6. The number of imide groups is 1. The second kappa shape index (κ2) is 5.63. The van der Waals surface area contributed by atoms with Gasteiger partial charge in [0.05, 0.1) is 22.8 Å². The van der Waals surface area contributed by atoms with Gasteiger partial charge in [0.2, 0.25) is 11.8 Å². The summed E-state index contributed by atoms with van der Waals surface area (Å²) in [6, 6.07) is 14.9. The molecule has 2 aromatic carbocycles. The number of benzene rings is 2. The standard InChI is InChI=1S/C19H16ClN3O2/c1-22-18(24)10-13(19(22)25)17-8-11-6-7-12(20)9-16(11)23(17)15-5-3-2-4-14(15)21/h2-9,13H,10,21H2,1H3. The van der Waals surface area contributed by atoms with Gasteiger partial charge in [-0.05, 0) is 30.3 Å². The first-order valence-electron chi connectivity index (χ1n) is 7.93. The molecule has 0 saturated carbocycles. The van der Waals surface area contributed by atoms with Crippen LogP contribution in [0.5, 0.6) is 0 Å². The maximum Gasteiger partial charge on any atom is 0.238 e. The second-order valence-electron chi connectivity index (χ2n) is 6.21. The number of likely N-dealkylation sites (N-methyl/N-ethyl adjacent to an activating group) is 1. The molecular weight excluding hydrogens is 338 g/mol. The number of para-hydroxylation sites is 2. The molecule has 25 heavy (non-hydrogen) atoms. The summed E-state index contributed by atoms with van der Waals surface area (Å²) < 4.78 is 1.94. The van der Waals surface area contributed by atoms with E-state index in [0.717, 1.165) is 22.3 Å². The lowest BCUT2D eigenvalue weighted by Gasteiger charge is -2.16. The molecule has 3 aromatic rings. The smallest absolute Gasteiger partial charge is 0.238 e. The summed E-state index contributed by atoms with van der Waals surface area (Å²) in [5, 5.41) is 1.54. The van der Waals surface area contributed by atoms with Crippen LogP contribution in [-0.2, 0) is 9.59 Å². The normalized spacial score (nSPS) is 17.7. The van der Waals surface area contributed by atoms with Crippen LogP contribution in [0.2, 0.25) is 5.02 Å². The van der Waals surface area contributed by atoms with Crippen molar-refractivity contribution in [3.63, 3.8) is 0 Å². The van der Waals surface area contributed by atoms with E-state index in [1.165, 1.54) is 11.9 Å². The van der Waals surface area contributed by atoms with E-state index in [1.54, 1.807) is 6.07 Å². The van der Waals surface area contributed by atoms with Gasteiger partial charge in [0.25, 0.3) is 0 Å². The highest BCUT2D eigenvalue weighted by molar-refractivity contribution is 6.31. The van der Waals surface area contributed by atoms with Crippen LogP contribution < -0.4 is 5.73 Å². The molecule has 1 atom stereocenters. The highest BCUT2D eigenvalue weighted by Crippen LogP contribution is 2.37. The van der Waals surface area contributed by atoms with Gasteiger partial charge in [-0.3, -0.25) is 14.5 Å². The van der Waals surface area contributed by atoms with E-state index in [4.69, 9.17) is 17.3 Å². The Kier molecular flexibility index (Phi) is 3.54. The van der Waals surface area contributed by atoms with Gasteiger partial charge >= 0.3 is 0 Å². The number of amides is 2. The Morgan fingerprint density at radius 1 is 1.12 bits per heavy atom. The third-order valence-electron chi connectivity index (χ3n) is 4.71. The molecule has 6 heteroatoms. The molecule has 4 rings (SSSR count). The summed E-state index contributed by atoms with van der Waals surface area (Å²) in [4.78, 5) is 25.8. The lowest BCUT2D eigenvalue weighted by Crippen LogP contribution is -2.25. The number of rotatable bonds is 2. The average molecular weight is 354 g/mol.